The number of aromatic amines is 2. The Morgan fingerprint density at radius 1 is 0.846 bits per heavy atom. The van der Waals surface area contributed by atoms with Crippen LogP contribution in [0.15, 0.2) is 60.8 Å². The molecule has 2 aromatic heterocycles. The van der Waals surface area contributed by atoms with Crippen molar-refractivity contribution >= 4 is 29.1 Å². The number of halogens is 2. The van der Waals surface area contributed by atoms with Gasteiger partial charge < -0.3 is 40.1 Å². The smallest absolute Gasteiger partial charge is 0.407 e. The Hall–Kier alpha value is -5.87. The minimum Gasteiger partial charge on any atom is -0.453 e. The number of rotatable bonds is 11. The van der Waals surface area contributed by atoms with Crippen molar-refractivity contribution < 1.29 is 37.7 Å². The predicted molar refractivity (Wildman–Crippen MR) is 238 cm³/mol. The number of nitrogens with one attached hydrogen (secondary N) is 4. The molecule has 342 valence electrons. The highest BCUT2D eigenvalue weighted by molar-refractivity contribution is 5.88. The molecule has 0 radical (unpaired) electrons. The number of alkyl carbamates (subject to hydrolysis) is 2. The molecule has 2 bridgehead atoms. The number of ether oxygens (including phenoxy) is 2. The molecule has 5 N–H and O–H groups in total. The second kappa shape index (κ2) is 15.9. The molecule has 5 aromatic rings. The van der Waals surface area contributed by atoms with E-state index in [4.69, 9.17) is 19.4 Å². The predicted octanol–water partition coefficient (Wildman–Crippen LogP) is 8.40. The average molecular weight is 891 g/mol. The van der Waals surface area contributed by atoms with E-state index in [-0.39, 0.29) is 58.3 Å². The van der Waals surface area contributed by atoms with Crippen LogP contribution in [-0.2, 0) is 20.2 Å². The number of benzene rings is 3. The number of methoxy groups -OCH3 is 2. The highest BCUT2D eigenvalue weighted by Gasteiger charge is 2.56. The first-order valence-corrected chi connectivity index (χ1v) is 22.8. The van der Waals surface area contributed by atoms with Crippen molar-refractivity contribution in [2.24, 2.45) is 23.2 Å². The van der Waals surface area contributed by atoms with Crippen LogP contribution in [0.25, 0.3) is 44.5 Å². The molecule has 3 amide bonds. The molecule has 4 heterocycles. The number of H-pyrrole nitrogens is 2. The topological polar surface area (TPSA) is 178 Å². The summed E-state index contributed by atoms with van der Waals surface area (Å²) in [5, 5.41) is 17.3. The van der Waals surface area contributed by atoms with Crippen molar-refractivity contribution in [3.63, 3.8) is 0 Å². The van der Waals surface area contributed by atoms with Crippen LogP contribution in [0.4, 0.5) is 18.4 Å². The molecule has 65 heavy (non-hydrogen) atoms. The zero-order chi connectivity index (χ0) is 45.7. The molecule has 2 saturated carbocycles. The van der Waals surface area contributed by atoms with Gasteiger partial charge >= 0.3 is 12.2 Å². The maximum atomic E-state index is 16.7. The van der Waals surface area contributed by atoms with E-state index in [0.29, 0.717) is 40.3 Å². The molecule has 5 aliphatic rings. The maximum Gasteiger partial charge on any atom is 0.407 e. The number of hydrogen-bond donors (Lipinski definition) is 5. The summed E-state index contributed by atoms with van der Waals surface area (Å²) in [6, 6.07) is 14.3. The van der Waals surface area contributed by atoms with Gasteiger partial charge in [0.2, 0.25) is 5.91 Å². The van der Waals surface area contributed by atoms with Crippen molar-refractivity contribution in [3.05, 3.63) is 83.6 Å². The fourth-order valence-electron chi connectivity index (χ4n) is 11.3. The van der Waals surface area contributed by atoms with Crippen LogP contribution in [0.1, 0.15) is 101 Å². The van der Waals surface area contributed by atoms with Crippen LogP contribution in [0, 0.1) is 23.2 Å². The van der Waals surface area contributed by atoms with E-state index in [1.807, 2.05) is 58.0 Å². The Morgan fingerprint density at radius 2 is 1.51 bits per heavy atom. The standard InChI is InChI=1S/C49H56F2N8O6/c1-24(2)39(56-46(62)64-5)44(60)58-23-48(15-16-48)21-38(58)42-52-22-37(55-42)28-9-13-32-31-12-8-26(18-33(31)49(50,51)34(32)19-28)27-10-14-35-36(20-27)54-43(53-35)41-29-7-11-30(17-29)59(41)45(61)40(25(3)4)57-47(63)65-6/h8-10,12-14,18-20,22,24-25,29-30,38-41,45,61H,7,11,15-17,21,23H2,1-6H3,(H,52,55)(H,53,54)(H,56,62)(H,57,63)/t29-,30+,38-,39+,40+,41-,45?/m0/s1. The van der Waals surface area contributed by atoms with Gasteiger partial charge in [-0.3, -0.25) is 9.69 Å². The average Bonchev–Trinajstić information content (AvgIpc) is 3.95. The zero-order valence-electron chi connectivity index (χ0n) is 37.5. The number of hydrogen-bond acceptors (Lipinski definition) is 9. The number of fused-ring (bicyclic) bond motifs is 6. The van der Waals surface area contributed by atoms with Gasteiger partial charge in [-0.25, -0.2) is 19.6 Å². The van der Waals surface area contributed by atoms with Crippen LogP contribution in [-0.4, -0.2) is 98.1 Å². The number of nitrogens with zero attached hydrogens (tertiary/aromatic N) is 4. The van der Waals surface area contributed by atoms with Gasteiger partial charge in [0.05, 0.1) is 55.3 Å². The number of aliphatic hydroxyl groups is 1. The molecule has 4 fully saturated rings. The molecule has 16 heteroatoms. The van der Waals surface area contributed by atoms with Gasteiger partial charge in [0, 0.05) is 29.3 Å². The second-order valence-corrected chi connectivity index (χ2v) is 19.6. The molecule has 1 spiro atoms. The first kappa shape index (κ1) is 43.0. The number of piperidine rings is 1. The molecule has 3 aliphatic carbocycles. The van der Waals surface area contributed by atoms with E-state index in [1.54, 1.807) is 29.3 Å². The number of alkyl halides is 2. The monoisotopic (exact) mass is 890 g/mol. The van der Waals surface area contributed by atoms with E-state index in [2.05, 4.69) is 25.5 Å². The van der Waals surface area contributed by atoms with Crippen molar-refractivity contribution in [3.8, 4) is 33.5 Å². The number of carbonyl (C=O) groups is 3. The van der Waals surface area contributed by atoms with Crippen molar-refractivity contribution in [1.29, 1.82) is 0 Å². The lowest BCUT2D eigenvalue weighted by molar-refractivity contribution is -0.135. The van der Waals surface area contributed by atoms with Gasteiger partial charge in [0.25, 0.3) is 5.92 Å². The summed E-state index contributed by atoms with van der Waals surface area (Å²) in [7, 11) is 2.57. The van der Waals surface area contributed by atoms with E-state index in [9.17, 15) is 19.5 Å². The minimum atomic E-state index is -3.28. The molecule has 14 nitrogen and oxygen atoms in total. The van der Waals surface area contributed by atoms with Crippen LogP contribution >= 0.6 is 0 Å². The number of imidazole rings is 2. The van der Waals surface area contributed by atoms with Crippen LogP contribution < -0.4 is 10.6 Å². The third kappa shape index (κ3) is 7.32. The Labute approximate surface area is 375 Å². The Bertz CT molecular complexity index is 2690. The molecule has 10 rings (SSSR count). The molecule has 3 aromatic carbocycles. The fourth-order valence-corrected chi connectivity index (χ4v) is 11.3. The first-order valence-electron chi connectivity index (χ1n) is 22.8. The van der Waals surface area contributed by atoms with E-state index < -0.39 is 36.4 Å². The molecular weight excluding hydrogens is 835 g/mol. The van der Waals surface area contributed by atoms with Crippen molar-refractivity contribution in [2.75, 3.05) is 20.8 Å². The van der Waals surface area contributed by atoms with Gasteiger partial charge in [-0.2, -0.15) is 8.78 Å². The summed E-state index contributed by atoms with van der Waals surface area (Å²) in [4.78, 5) is 58.9. The van der Waals surface area contributed by atoms with Crippen molar-refractivity contribution in [2.45, 2.75) is 109 Å². The number of aromatic nitrogens is 4. The fraction of sp³-hybridized carbons (Fsp3) is 0.490. The van der Waals surface area contributed by atoms with Gasteiger partial charge in [-0.15, -0.1) is 0 Å². The van der Waals surface area contributed by atoms with Crippen LogP contribution in [0.3, 0.4) is 0 Å². The highest BCUT2D eigenvalue weighted by Crippen LogP contribution is 2.59. The zero-order valence-corrected chi connectivity index (χ0v) is 37.5. The van der Waals surface area contributed by atoms with Crippen LogP contribution in [0.2, 0.25) is 0 Å². The Balaban J connectivity index is 0.895. The molecule has 7 atom stereocenters. The number of carbonyl (C=O) groups excluding carboxylic acids is 3. The first-order chi connectivity index (χ1) is 31.1. The van der Waals surface area contributed by atoms with E-state index in [0.717, 1.165) is 60.9 Å². The minimum absolute atomic E-state index is 0.0130. The SMILES string of the molecule is COC(=O)N[C@H](C(C)C)C(O)N1[C@@H]2CC[C@@H](C2)[C@H]1c1nc2ccc(-c3ccc4c(c3)C(F)(F)c3cc(-c5cnc([C@@H]6CC7(CC7)CN6C(=O)[C@H](NC(=O)OC)C(C)C)[nH]5)ccc3-4)cc2[nH]1. The van der Waals surface area contributed by atoms with Crippen LogP contribution in [0.5, 0.6) is 0 Å². The lowest BCUT2D eigenvalue weighted by Gasteiger charge is -2.41. The molecule has 2 aliphatic heterocycles. The maximum absolute atomic E-state index is 16.7. The lowest BCUT2D eigenvalue weighted by Crippen LogP contribution is -2.56. The van der Waals surface area contributed by atoms with E-state index >= 15 is 8.78 Å². The number of amides is 3. The van der Waals surface area contributed by atoms with Gasteiger partial charge in [0.15, 0.2) is 0 Å². The summed E-state index contributed by atoms with van der Waals surface area (Å²) in [6.45, 7) is 8.21. The molecular formula is C49H56F2N8O6. The normalized spacial score (nSPS) is 23.8. The van der Waals surface area contributed by atoms with Crippen molar-refractivity contribution in [1.82, 2.24) is 40.4 Å². The van der Waals surface area contributed by atoms with Gasteiger partial charge in [0.1, 0.15) is 23.9 Å². The Morgan fingerprint density at radius 3 is 2.18 bits per heavy atom. The number of likely N-dealkylation sites (tertiary alicyclic amines) is 2. The van der Waals surface area contributed by atoms with E-state index in [1.165, 1.54) is 20.3 Å². The summed E-state index contributed by atoms with van der Waals surface area (Å²) in [5.74, 6) is -2.13. The molecule has 2 saturated heterocycles. The summed E-state index contributed by atoms with van der Waals surface area (Å²) in [6.07, 6.45) is 5.03. The second-order valence-electron chi connectivity index (χ2n) is 19.6. The lowest BCUT2D eigenvalue weighted by atomic mass is 9.95. The van der Waals surface area contributed by atoms with Gasteiger partial charge in [-0.1, -0.05) is 58.0 Å². The highest BCUT2D eigenvalue weighted by atomic mass is 19.3. The molecule has 1 unspecified atom stereocenters. The quantitative estimate of drug-likeness (QED) is 0.0872. The third-order valence-electron chi connectivity index (χ3n) is 14.9. The number of aliphatic hydroxyl groups excluding tert-OH is 1. The summed E-state index contributed by atoms with van der Waals surface area (Å²) < 4.78 is 43.0. The van der Waals surface area contributed by atoms with Gasteiger partial charge in [-0.05, 0) is 108 Å². The Kier molecular flexibility index (Phi) is 10.6. The third-order valence-corrected chi connectivity index (χ3v) is 14.9. The largest absolute Gasteiger partial charge is 0.453 e. The summed E-state index contributed by atoms with van der Waals surface area (Å²) >= 11 is 0. The summed E-state index contributed by atoms with van der Waals surface area (Å²) in [5.41, 5.74) is 4.82.